The van der Waals surface area contributed by atoms with Crippen molar-refractivity contribution in [3.8, 4) is 0 Å². The van der Waals surface area contributed by atoms with E-state index in [0.29, 0.717) is 31.2 Å². The van der Waals surface area contributed by atoms with Gasteiger partial charge in [-0.25, -0.2) is 0 Å². The van der Waals surface area contributed by atoms with Crippen LogP contribution in [0.15, 0.2) is 54.6 Å². The van der Waals surface area contributed by atoms with E-state index in [9.17, 15) is 4.57 Å². The molecule has 0 amide bonds. The van der Waals surface area contributed by atoms with Crippen LogP contribution < -0.4 is 0 Å². The summed E-state index contributed by atoms with van der Waals surface area (Å²) in [4.78, 5) is 0. The molecule has 0 saturated heterocycles. The Balaban J connectivity index is 2.31. The molecule has 0 aliphatic heterocycles. The van der Waals surface area contributed by atoms with Gasteiger partial charge in [0.15, 0.2) is 0 Å². The Kier molecular flexibility index (Phi) is 11.0. The molecule has 0 aliphatic rings. The van der Waals surface area contributed by atoms with E-state index in [1.165, 1.54) is 11.1 Å². The summed E-state index contributed by atoms with van der Waals surface area (Å²) < 4.78 is 24.2. The molecule has 190 valence electrons. The molecule has 0 aromatic heterocycles. The van der Waals surface area contributed by atoms with Gasteiger partial charge in [-0.2, -0.15) is 11.8 Å². The zero-order valence-electron chi connectivity index (χ0n) is 22.5. The number of hydrogen-bond donors (Lipinski definition) is 0. The maximum atomic E-state index is 13.0. The van der Waals surface area contributed by atoms with Crippen LogP contribution in [0.25, 0.3) is 0 Å². The van der Waals surface area contributed by atoms with Crippen LogP contribution in [0, 0.1) is 5.41 Å². The van der Waals surface area contributed by atoms with Crippen LogP contribution in [0.2, 0.25) is 0 Å². The van der Waals surface area contributed by atoms with Crippen molar-refractivity contribution < 1.29 is 13.6 Å². The monoisotopic (exact) mass is 504 g/mol. The first-order chi connectivity index (χ1) is 15.9. The molecular weight excluding hydrogens is 459 g/mol. The average Bonchev–Trinajstić information content (AvgIpc) is 2.78. The van der Waals surface area contributed by atoms with Crippen molar-refractivity contribution in [1.29, 1.82) is 0 Å². The van der Waals surface area contributed by atoms with E-state index < -0.39 is 7.60 Å². The smallest absolute Gasteiger partial charge is 0.309 e. The normalized spacial score (nSPS) is 14.7. The highest BCUT2D eigenvalue weighted by Gasteiger charge is 2.36. The Hall–Kier alpha value is -1.06. The highest BCUT2D eigenvalue weighted by Crippen LogP contribution is 2.52. The zero-order chi connectivity index (χ0) is 25.4. The summed E-state index contributed by atoms with van der Waals surface area (Å²) in [7, 11) is -3.11. The molecule has 2 aromatic carbocycles. The third kappa shape index (κ3) is 8.55. The van der Waals surface area contributed by atoms with Crippen molar-refractivity contribution in [2.75, 3.05) is 19.5 Å². The van der Waals surface area contributed by atoms with Gasteiger partial charge >= 0.3 is 7.60 Å². The fraction of sp³-hybridized carbons (Fsp3) is 0.586. The van der Waals surface area contributed by atoms with E-state index in [2.05, 4.69) is 95.5 Å². The van der Waals surface area contributed by atoms with Gasteiger partial charge in [-0.15, -0.1) is 0 Å². The Bertz CT molecular complexity index is 899. The lowest BCUT2D eigenvalue weighted by atomic mass is 9.66. The van der Waals surface area contributed by atoms with Gasteiger partial charge in [0, 0.05) is 4.75 Å². The minimum atomic E-state index is -3.11. The molecule has 5 heteroatoms. The van der Waals surface area contributed by atoms with E-state index in [-0.39, 0.29) is 10.2 Å². The lowest BCUT2D eigenvalue weighted by Crippen LogP contribution is -2.30. The molecule has 3 nitrogen and oxygen atoms in total. The molecule has 2 aromatic rings. The summed E-state index contributed by atoms with van der Waals surface area (Å²) >= 11 is 1.93. The summed E-state index contributed by atoms with van der Waals surface area (Å²) in [6.07, 6.45) is 4.72. The Morgan fingerprint density at radius 3 is 1.91 bits per heavy atom. The maximum absolute atomic E-state index is 13.0. The zero-order valence-corrected chi connectivity index (χ0v) is 24.2. The van der Waals surface area contributed by atoms with Crippen LogP contribution in [-0.2, 0) is 19.8 Å². The molecule has 2 rings (SSSR count). The van der Waals surface area contributed by atoms with Crippen LogP contribution >= 0.6 is 19.4 Å². The van der Waals surface area contributed by atoms with Gasteiger partial charge < -0.3 is 9.05 Å². The molecule has 0 saturated carbocycles. The molecule has 34 heavy (non-hydrogen) atoms. The van der Waals surface area contributed by atoms with Gasteiger partial charge in [-0.3, -0.25) is 4.57 Å². The fourth-order valence-corrected chi connectivity index (χ4v) is 6.89. The third-order valence-electron chi connectivity index (χ3n) is 6.80. The highest BCUT2D eigenvalue weighted by atomic mass is 32.2. The molecular formula is C29H45O3PS. The predicted octanol–water partition coefficient (Wildman–Crippen LogP) is 9.29. The van der Waals surface area contributed by atoms with Crippen molar-refractivity contribution in [2.24, 2.45) is 5.41 Å². The number of hydrogen-bond acceptors (Lipinski definition) is 4. The SMILES string of the molecule is CCOP(=O)(Cc1ccc(C(CC(C)(C)SC)C(C)(C)CC(C)c2ccccc2)cc1)OCC. The summed E-state index contributed by atoms with van der Waals surface area (Å²) in [6.45, 7) is 16.3. The second-order valence-electron chi connectivity index (χ2n) is 10.6. The van der Waals surface area contributed by atoms with Gasteiger partial charge in [-0.1, -0.05) is 89.2 Å². The van der Waals surface area contributed by atoms with E-state index in [4.69, 9.17) is 9.05 Å². The first-order valence-corrected chi connectivity index (χ1v) is 15.5. The Morgan fingerprint density at radius 1 is 0.853 bits per heavy atom. The van der Waals surface area contributed by atoms with Gasteiger partial charge in [0.25, 0.3) is 0 Å². The quantitative estimate of drug-likeness (QED) is 0.240. The van der Waals surface area contributed by atoms with Gasteiger partial charge in [0.05, 0.1) is 19.4 Å². The topological polar surface area (TPSA) is 35.5 Å². The number of thioether (sulfide) groups is 1. The Morgan fingerprint density at radius 2 is 1.41 bits per heavy atom. The molecule has 0 aliphatic carbocycles. The van der Waals surface area contributed by atoms with Crippen LogP contribution in [-0.4, -0.2) is 24.2 Å². The summed E-state index contributed by atoms with van der Waals surface area (Å²) in [5, 5.41) is 0. The predicted molar refractivity (Wildman–Crippen MR) is 149 cm³/mol. The second-order valence-corrected chi connectivity index (χ2v) is 14.1. The first kappa shape index (κ1) is 29.2. The van der Waals surface area contributed by atoms with Crippen molar-refractivity contribution in [3.63, 3.8) is 0 Å². The highest BCUT2D eigenvalue weighted by molar-refractivity contribution is 7.99. The molecule has 2 unspecified atom stereocenters. The molecule has 0 radical (unpaired) electrons. The minimum absolute atomic E-state index is 0.107. The standard InChI is InChI=1S/C29H45O3PS/c1-9-31-33(30,32-10-2)22-24-16-18-26(19-17-24)27(21-29(6,7)34-8)28(4,5)20-23(3)25-14-12-11-13-15-25/h11-19,23,27H,9-10,20-22H2,1-8H3. The maximum Gasteiger partial charge on any atom is 0.335 e. The molecule has 0 N–H and O–H groups in total. The van der Waals surface area contributed by atoms with Crippen molar-refractivity contribution in [1.82, 2.24) is 0 Å². The lowest BCUT2D eigenvalue weighted by molar-refractivity contribution is 0.219. The second kappa shape index (κ2) is 12.8. The van der Waals surface area contributed by atoms with Gasteiger partial charge in [0.2, 0.25) is 0 Å². The van der Waals surface area contributed by atoms with Crippen LogP contribution in [0.5, 0.6) is 0 Å². The Labute approximate surface area is 213 Å². The number of benzene rings is 2. The molecule has 2 atom stereocenters. The van der Waals surface area contributed by atoms with E-state index in [1.54, 1.807) is 0 Å². The van der Waals surface area contributed by atoms with Crippen LogP contribution in [0.3, 0.4) is 0 Å². The molecule has 0 heterocycles. The fourth-order valence-electron chi connectivity index (χ4n) is 4.85. The average molecular weight is 505 g/mol. The van der Waals surface area contributed by atoms with E-state index >= 15 is 0 Å². The van der Waals surface area contributed by atoms with Crippen LogP contribution in [0.4, 0.5) is 0 Å². The largest absolute Gasteiger partial charge is 0.335 e. The molecule has 0 fully saturated rings. The number of rotatable bonds is 14. The third-order valence-corrected chi connectivity index (χ3v) is 10.1. The minimum Gasteiger partial charge on any atom is -0.309 e. The summed E-state index contributed by atoms with van der Waals surface area (Å²) in [5.41, 5.74) is 3.85. The van der Waals surface area contributed by atoms with Crippen LogP contribution in [0.1, 0.15) is 89.8 Å². The summed E-state index contributed by atoms with van der Waals surface area (Å²) in [5.74, 6) is 0.888. The van der Waals surface area contributed by atoms with Gasteiger partial charge in [0.1, 0.15) is 0 Å². The molecule has 0 spiro atoms. The van der Waals surface area contributed by atoms with Crippen molar-refractivity contribution in [3.05, 3.63) is 71.3 Å². The van der Waals surface area contributed by atoms with E-state index in [0.717, 1.165) is 18.4 Å². The van der Waals surface area contributed by atoms with Crippen molar-refractivity contribution in [2.45, 2.75) is 84.1 Å². The molecule has 0 bridgehead atoms. The lowest BCUT2D eigenvalue weighted by Gasteiger charge is -2.41. The van der Waals surface area contributed by atoms with Crippen molar-refractivity contribution >= 4 is 19.4 Å². The summed E-state index contributed by atoms with van der Waals surface area (Å²) in [6, 6.07) is 19.5. The van der Waals surface area contributed by atoms with E-state index in [1.807, 2.05) is 25.6 Å². The first-order valence-electron chi connectivity index (χ1n) is 12.5. The van der Waals surface area contributed by atoms with Gasteiger partial charge in [-0.05, 0) is 66.9 Å².